The molecule has 0 radical (unpaired) electrons. The smallest absolute Gasteiger partial charge is 0.311 e. The topological polar surface area (TPSA) is 78.4 Å². The van der Waals surface area contributed by atoms with Crippen molar-refractivity contribution in [2.45, 2.75) is 20.4 Å². The van der Waals surface area contributed by atoms with Gasteiger partial charge in [0.05, 0.1) is 11.5 Å². The average molecular weight is 224 g/mol. The summed E-state index contributed by atoms with van der Waals surface area (Å²) in [7, 11) is 0. The van der Waals surface area contributed by atoms with E-state index in [4.69, 9.17) is 10.5 Å². The van der Waals surface area contributed by atoms with E-state index in [2.05, 4.69) is 0 Å². The zero-order chi connectivity index (χ0) is 12.1. The van der Waals surface area contributed by atoms with Crippen LogP contribution in [-0.4, -0.2) is 11.5 Å². The first-order chi connectivity index (χ1) is 7.54. The van der Waals surface area contributed by atoms with Crippen molar-refractivity contribution in [3.8, 4) is 5.75 Å². The molecule has 2 N–H and O–H groups in total. The maximum absolute atomic E-state index is 10.8. The van der Waals surface area contributed by atoms with E-state index in [0.29, 0.717) is 18.3 Å². The normalized spacial score (nSPS) is 10.5. The molecule has 0 aromatic heterocycles. The summed E-state index contributed by atoms with van der Waals surface area (Å²) in [6.07, 6.45) is 0. The van der Waals surface area contributed by atoms with Gasteiger partial charge in [-0.3, -0.25) is 10.1 Å². The van der Waals surface area contributed by atoms with Crippen LogP contribution >= 0.6 is 0 Å². The number of nitrogens with two attached hydrogens (primary N) is 1. The van der Waals surface area contributed by atoms with Crippen LogP contribution in [0.4, 0.5) is 5.69 Å². The van der Waals surface area contributed by atoms with Crippen molar-refractivity contribution in [3.63, 3.8) is 0 Å². The Kier molecular flexibility index (Phi) is 4.25. The molecule has 0 atom stereocenters. The van der Waals surface area contributed by atoms with E-state index >= 15 is 0 Å². The minimum Gasteiger partial charge on any atom is -0.487 e. The molecule has 0 spiro atoms. The summed E-state index contributed by atoms with van der Waals surface area (Å²) in [6, 6.07) is 4.79. The molecular formula is C11H16N2O3. The van der Waals surface area contributed by atoms with Gasteiger partial charge >= 0.3 is 5.69 Å². The number of nitro benzene ring substituents is 1. The van der Waals surface area contributed by atoms with E-state index < -0.39 is 4.92 Å². The SMILES string of the molecule is CC(C)COc1ccc(CN)cc1[N+](=O)[O-]. The predicted molar refractivity (Wildman–Crippen MR) is 61.3 cm³/mol. The van der Waals surface area contributed by atoms with Crippen LogP contribution in [0.2, 0.25) is 0 Å². The Bertz CT molecular complexity index is 377. The van der Waals surface area contributed by atoms with Gasteiger partial charge < -0.3 is 10.5 Å². The number of nitro groups is 1. The van der Waals surface area contributed by atoms with Crippen molar-refractivity contribution in [1.82, 2.24) is 0 Å². The Morgan fingerprint density at radius 3 is 2.69 bits per heavy atom. The molecule has 5 heteroatoms. The highest BCUT2D eigenvalue weighted by Gasteiger charge is 2.15. The Morgan fingerprint density at radius 2 is 2.19 bits per heavy atom. The Labute approximate surface area is 94.4 Å². The summed E-state index contributed by atoms with van der Waals surface area (Å²) < 4.78 is 5.38. The Hall–Kier alpha value is -1.62. The predicted octanol–water partition coefficient (Wildman–Crippen LogP) is 2.09. The summed E-state index contributed by atoms with van der Waals surface area (Å²) >= 11 is 0. The second kappa shape index (κ2) is 5.46. The monoisotopic (exact) mass is 224 g/mol. The van der Waals surface area contributed by atoms with Gasteiger partial charge in [0, 0.05) is 12.6 Å². The van der Waals surface area contributed by atoms with Gasteiger partial charge in [-0.05, 0) is 17.5 Å². The zero-order valence-electron chi connectivity index (χ0n) is 9.47. The lowest BCUT2D eigenvalue weighted by Crippen LogP contribution is -2.07. The van der Waals surface area contributed by atoms with Gasteiger partial charge in [0.25, 0.3) is 0 Å². The fraction of sp³-hybridized carbons (Fsp3) is 0.455. The maximum atomic E-state index is 10.8. The molecule has 0 fully saturated rings. The maximum Gasteiger partial charge on any atom is 0.311 e. The average Bonchev–Trinajstić information content (AvgIpc) is 2.25. The number of rotatable bonds is 5. The lowest BCUT2D eigenvalue weighted by molar-refractivity contribution is -0.386. The van der Waals surface area contributed by atoms with Crippen LogP contribution < -0.4 is 10.5 Å². The highest BCUT2D eigenvalue weighted by molar-refractivity contribution is 5.48. The van der Waals surface area contributed by atoms with Gasteiger partial charge in [-0.1, -0.05) is 19.9 Å². The van der Waals surface area contributed by atoms with Crippen LogP contribution in [0.15, 0.2) is 18.2 Å². The number of nitrogens with zero attached hydrogens (tertiary/aromatic N) is 1. The van der Waals surface area contributed by atoms with Crippen molar-refractivity contribution in [2.75, 3.05) is 6.61 Å². The lowest BCUT2D eigenvalue weighted by Gasteiger charge is -2.09. The summed E-state index contributed by atoms with van der Waals surface area (Å²) in [4.78, 5) is 10.4. The van der Waals surface area contributed by atoms with Crippen molar-refractivity contribution >= 4 is 5.69 Å². The third kappa shape index (κ3) is 3.20. The van der Waals surface area contributed by atoms with Gasteiger partial charge in [-0.15, -0.1) is 0 Å². The quantitative estimate of drug-likeness (QED) is 0.613. The van der Waals surface area contributed by atoms with Gasteiger partial charge in [-0.2, -0.15) is 0 Å². The summed E-state index contributed by atoms with van der Waals surface area (Å²) in [5.41, 5.74) is 6.13. The second-order valence-electron chi connectivity index (χ2n) is 3.97. The summed E-state index contributed by atoms with van der Waals surface area (Å²) in [5, 5.41) is 10.8. The molecule has 0 unspecified atom stereocenters. The third-order valence-electron chi connectivity index (χ3n) is 2.03. The fourth-order valence-corrected chi connectivity index (χ4v) is 1.21. The van der Waals surface area contributed by atoms with Gasteiger partial charge in [0.2, 0.25) is 0 Å². The highest BCUT2D eigenvalue weighted by atomic mass is 16.6. The van der Waals surface area contributed by atoms with Crippen LogP contribution in [0.3, 0.4) is 0 Å². The van der Waals surface area contributed by atoms with E-state index in [-0.39, 0.29) is 12.2 Å². The molecule has 0 aliphatic heterocycles. The van der Waals surface area contributed by atoms with Crippen molar-refractivity contribution in [1.29, 1.82) is 0 Å². The van der Waals surface area contributed by atoms with Crippen LogP contribution in [0.25, 0.3) is 0 Å². The van der Waals surface area contributed by atoms with E-state index in [9.17, 15) is 10.1 Å². The minimum absolute atomic E-state index is 0.0244. The largest absolute Gasteiger partial charge is 0.487 e. The molecule has 1 aromatic rings. The first-order valence-electron chi connectivity index (χ1n) is 5.14. The summed E-state index contributed by atoms with van der Waals surface area (Å²) in [6.45, 7) is 4.72. The van der Waals surface area contributed by atoms with E-state index in [1.54, 1.807) is 12.1 Å². The standard InChI is InChI=1S/C11H16N2O3/c1-8(2)7-16-11-4-3-9(6-12)5-10(11)13(14)15/h3-5,8H,6-7,12H2,1-2H3. The van der Waals surface area contributed by atoms with Crippen LogP contribution in [0.1, 0.15) is 19.4 Å². The number of hydrogen-bond acceptors (Lipinski definition) is 4. The van der Waals surface area contributed by atoms with Gasteiger partial charge in [-0.25, -0.2) is 0 Å². The lowest BCUT2D eigenvalue weighted by atomic mass is 10.2. The Morgan fingerprint density at radius 1 is 1.50 bits per heavy atom. The number of hydrogen-bond donors (Lipinski definition) is 1. The molecule has 88 valence electrons. The highest BCUT2D eigenvalue weighted by Crippen LogP contribution is 2.28. The second-order valence-corrected chi connectivity index (χ2v) is 3.97. The van der Waals surface area contributed by atoms with E-state index in [1.165, 1.54) is 6.07 Å². The van der Waals surface area contributed by atoms with E-state index in [0.717, 1.165) is 5.56 Å². The molecule has 16 heavy (non-hydrogen) atoms. The van der Waals surface area contributed by atoms with Crippen molar-refractivity contribution in [2.24, 2.45) is 11.7 Å². The van der Waals surface area contributed by atoms with Crippen molar-refractivity contribution in [3.05, 3.63) is 33.9 Å². The molecule has 0 aliphatic rings. The molecule has 0 heterocycles. The summed E-state index contributed by atoms with van der Waals surface area (Å²) in [5.74, 6) is 0.629. The molecule has 0 saturated carbocycles. The van der Waals surface area contributed by atoms with Gasteiger partial charge in [0.15, 0.2) is 5.75 Å². The zero-order valence-corrected chi connectivity index (χ0v) is 9.47. The molecular weight excluding hydrogens is 208 g/mol. The van der Waals surface area contributed by atoms with Crippen LogP contribution in [-0.2, 0) is 6.54 Å². The molecule has 1 rings (SSSR count). The first kappa shape index (κ1) is 12.4. The molecule has 1 aromatic carbocycles. The molecule has 0 saturated heterocycles. The molecule has 5 nitrogen and oxygen atoms in total. The first-order valence-corrected chi connectivity index (χ1v) is 5.14. The third-order valence-corrected chi connectivity index (χ3v) is 2.03. The number of benzene rings is 1. The molecule has 0 aliphatic carbocycles. The van der Waals surface area contributed by atoms with Crippen LogP contribution in [0, 0.1) is 16.0 Å². The van der Waals surface area contributed by atoms with Crippen molar-refractivity contribution < 1.29 is 9.66 Å². The fourth-order valence-electron chi connectivity index (χ4n) is 1.21. The van der Waals surface area contributed by atoms with E-state index in [1.807, 2.05) is 13.8 Å². The number of ether oxygens (including phenoxy) is 1. The van der Waals surface area contributed by atoms with Crippen LogP contribution in [0.5, 0.6) is 5.75 Å². The Balaban J connectivity index is 2.94. The molecule has 0 bridgehead atoms. The minimum atomic E-state index is -0.450. The molecule has 0 amide bonds. The van der Waals surface area contributed by atoms with Gasteiger partial charge in [0.1, 0.15) is 0 Å².